The topological polar surface area (TPSA) is 42.0 Å². The Morgan fingerprint density at radius 1 is 1.19 bits per heavy atom. The van der Waals surface area contributed by atoms with Crippen molar-refractivity contribution in [3.05, 3.63) is 30.1 Å². The van der Waals surface area contributed by atoms with Crippen LogP contribution in [0.5, 0.6) is 0 Å². The summed E-state index contributed by atoms with van der Waals surface area (Å²) >= 11 is 0. The van der Waals surface area contributed by atoms with Crippen LogP contribution in [0.1, 0.15) is 50.5 Å². The Hall–Kier alpha value is -1.22. The summed E-state index contributed by atoms with van der Waals surface area (Å²) < 4.78 is 0. The Balaban J connectivity index is 1.78. The van der Waals surface area contributed by atoms with Crippen molar-refractivity contribution in [1.29, 1.82) is 0 Å². The maximum Gasteiger partial charge on any atom is 0.143 e. The van der Waals surface area contributed by atoms with Crippen LogP contribution in [-0.2, 0) is 10.2 Å². The summed E-state index contributed by atoms with van der Waals surface area (Å²) in [7, 11) is 0. The minimum Gasteiger partial charge on any atom is -0.317 e. The number of carbonyl (C=O) groups is 1. The van der Waals surface area contributed by atoms with Crippen LogP contribution in [-0.4, -0.2) is 23.9 Å². The van der Waals surface area contributed by atoms with Crippen LogP contribution in [0.2, 0.25) is 0 Å². The zero-order valence-electron chi connectivity index (χ0n) is 12.6. The molecule has 3 heteroatoms. The van der Waals surface area contributed by atoms with Crippen molar-refractivity contribution < 1.29 is 4.79 Å². The molecule has 4 rings (SSSR count). The maximum atomic E-state index is 13.0. The van der Waals surface area contributed by atoms with Crippen LogP contribution in [0.15, 0.2) is 24.5 Å². The van der Waals surface area contributed by atoms with Gasteiger partial charge in [-0.2, -0.15) is 0 Å². The highest BCUT2D eigenvalue weighted by Gasteiger charge is 2.59. The molecule has 1 aliphatic heterocycles. The molecule has 3 fully saturated rings. The van der Waals surface area contributed by atoms with Gasteiger partial charge in [-0.1, -0.05) is 0 Å². The van der Waals surface area contributed by atoms with Gasteiger partial charge in [-0.25, -0.2) is 0 Å². The first kappa shape index (κ1) is 13.4. The van der Waals surface area contributed by atoms with E-state index in [2.05, 4.69) is 22.4 Å². The van der Waals surface area contributed by atoms with Crippen LogP contribution in [0, 0.1) is 11.3 Å². The zero-order chi connectivity index (χ0) is 14.3. The summed E-state index contributed by atoms with van der Waals surface area (Å²) in [5.74, 6) is 1.06. The smallest absolute Gasteiger partial charge is 0.143 e. The standard InChI is InChI=1S/C18H24N2O/c21-16-3-1-2-15-12-17(6-10-20-11-7-17)13-18(15,16)14-4-8-19-9-5-14/h4-5,8-9,15,20H,1-3,6-7,10-13H2. The molecule has 0 amide bonds. The molecule has 2 atom stereocenters. The normalized spacial score (nSPS) is 34.9. The second-order valence-corrected chi connectivity index (χ2v) is 7.35. The van der Waals surface area contributed by atoms with Crippen molar-refractivity contribution in [2.75, 3.05) is 13.1 Å². The van der Waals surface area contributed by atoms with Gasteiger partial charge in [0.05, 0.1) is 5.41 Å². The number of fused-ring (bicyclic) bond motifs is 1. The predicted octanol–water partition coefficient (Wildman–Crippen LogP) is 2.85. The molecule has 0 aromatic carbocycles. The average Bonchev–Trinajstić information content (AvgIpc) is 2.85. The number of piperidine rings is 1. The van der Waals surface area contributed by atoms with Gasteiger partial charge in [0, 0.05) is 18.8 Å². The van der Waals surface area contributed by atoms with Crippen molar-refractivity contribution in [3.8, 4) is 0 Å². The first-order valence-electron chi connectivity index (χ1n) is 8.40. The van der Waals surface area contributed by atoms with Gasteiger partial charge in [-0.3, -0.25) is 9.78 Å². The first-order valence-corrected chi connectivity index (χ1v) is 8.40. The van der Waals surface area contributed by atoms with E-state index in [0.717, 1.165) is 32.4 Å². The minimum absolute atomic E-state index is 0.196. The summed E-state index contributed by atoms with van der Waals surface area (Å²) in [6, 6.07) is 4.19. The Labute approximate surface area is 126 Å². The van der Waals surface area contributed by atoms with E-state index in [4.69, 9.17) is 0 Å². The molecule has 1 N–H and O–H groups in total. The van der Waals surface area contributed by atoms with Crippen molar-refractivity contribution in [1.82, 2.24) is 10.3 Å². The van der Waals surface area contributed by atoms with Crippen molar-refractivity contribution in [2.45, 2.75) is 50.4 Å². The van der Waals surface area contributed by atoms with E-state index in [0.29, 0.717) is 17.1 Å². The quantitative estimate of drug-likeness (QED) is 0.862. The van der Waals surface area contributed by atoms with Crippen molar-refractivity contribution >= 4 is 5.78 Å². The Kier molecular flexibility index (Phi) is 3.14. The van der Waals surface area contributed by atoms with E-state index >= 15 is 0 Å². The highest BCUT2D eigenvalue weighted by atomic mass is 16.1. The molecule has 2 saturated carbocycles. The molecule has 1 aromatic rings. The Bertz CT molecular complexity index is 535. The van der Waals surface area contributed by atoms with Gasteiger partial charge in [0.25, 0.3) is 0 Å². The predicted molar refractivity (Wildman–Crippen MR) is 82.0 cm³/mol. The maximum absolute atomic E-state index is 13.0. The Morgan fingerprint density at radius 3 is 2.71 bits per heavy atom. The van der Waals surface area contributed by atoms with E-state index in [-0.39, 0.29) is 5.41 Å². The van der Waals surface area contributed by atoms with Crippen LogP contribution in [0.25, 0.3) is 0 Å². The number of ketones is 1. The lowest BCUT2D eigenvalue weighted by molar-refractivity contribution is -0.128. The minimum atomic E-state index is -0.196. The number of nitrogens with one attached hydrogen (secondary N) is 1. The largest absolute Gasteiger partial charge is 0.317 e. The van der Waals surface area contributed by atoms with Crippen molar-refractivity contribution in [2.24, 2.45) is 11.3 Å². The van der Waals surface area contributed by atoms with E-state index in [1.54, 1.807) is 0 Å². The second-order valence-electron chi connectivity index (χ2n) is 7.35. The third kappa shape index (κ3) is 1.97. The highest BCUT2D eigenvalue weighted by Crippen LogP contribution is 2.61. The van der Waals surface area contributed by atoms with Crippen LogP contribution in [0.4, 0.5) is 0 Å². The summed E-state index contributed by atoms with van der Waals surface area (Å²) in [5, 5.41) is 3.49. The summed E-state index contributed by atoms with van der Waals surface area (Å²) in [6.45, 7) is 2.24. The fraction of sp³-hybridized carbons (Fsp3) is 0.667. The van der Waals surface area contributed by atoms with E-state index in [1.807, 2.05) is 12.4 Å². The molecule has 2 aliphatic carbocycles. The number of hydrogen-bond donors (Lipinski definition) is 1. The summed E-state index contributed by atoms with van der Waals surface area (Å²) in [4.78, 5) is 17.1. The third-order valence-corrected chi connectivity index (χ3v) is 6.34. The monoisotopic (exact) mass is 284 g/mol. The highest BCUT2D eigenvalue weighted by molar-refractivity contribution is 5.91. The second kappa shape index (κ2) is 4.91. The number of nitrogens with zero attached hydrogens (tertiary/aromatic N) is 1. The van der Waals surface area contributed by atoms with Gasteiger partial charge in [0.2, 0.25) is 0 Å². The van der Waals surface area contributed by atoms with E-state index in [9.17, 15) is 4.79 Å². The number of rotatable bonds is 1. The van der Waals surface area contributed by atoms with Crippen LogP contribution in [0.3, 0.4) is 0 Å². The fourth-order valence-electron chi connectivity index (χ4n) is 5.40. The number of aromatic nitrogens is 1. The van der Waals surface area contributed by atoms with Gasteiger partial charge in [0.1, 0.15) is 5.78 Å². The molecule has 1 aromatic heterocycles. The molecule has 3 aliphatic rings. The van der Waals surface area contributed by atoms with Crippen molar-refractivity contribution in [3.63, 3.8) is 0 Å². The molecule has 21 heavy (non-hydrogen) atoms. The molecule has 2 heterocycles. The third-order valence-electron chi connectivity index (χ3n) is 6.34. The molecular weight excluding hydrogens is 260 g/mol. The molecule has 112 valence electrons. The molecule has 3 nitrogen and oxygen atoms in total. The van der Waals surface area contributed by atoms with Crippen LogP contribution < -0.4 is 5.32 Å². The van der Waals surface area contributed by atoms with E-state index < -0.39 is 0 Å². The molecule has 0 bridgehead atoms. The van der Waals surface area contributed by atoms with Gasteiger partial charge >= 0.3 is 0 Å². The first-order chi connectivity index (χ1) is 10.3. The summed E-state index contributed by atoms with van der Waals surface area (Å²) in [5.41, 5.74) is 1.44. The van der Waals surface area contributed by atoms with Gasteiger partial charge < -0.3 is 5.32 Å². The zero-order valence-corrected chi connectivity index (χ0v) is 12.6. The van der Waals surface area contributed by atoms with Gasteiger partial charge in [-0.05, 0) is 80.6 Å². The lowest BCUT2D eigenvalue weighted by Gasteiger charge is -2.39. The fourth-order valence-corrected chi connectivity index (χ4v) is 5.40. The molecule has 1 saturated heterocycles. The summed E-state index contributed by atoms with van der Waals surface area (Å²) in [6.07, 6.45) is 11.6. The molecule has 2 unspecified atom stereocenters. The van der Waals surface area contributed by atoms with E-state index in [1.165, 1.54) is 31.2 Å². The number of pyridine rings is 1. The Morgan fingerprint density at radius 2 is 1.95 bits per heavy atom. The average molecular weight is 284 g/mol. The SMILES string of the molecule is O=C1CCCC2CC3(CCNCC3)CC12c1ccncc1. The molecule has 1 spiro atoms. The number of hydrogen-bond acceptors (Lipinski definition) is 3. The lowest BCUT2D eigenvalue weighted by Crippen LogP contribution is -2.43. The molecule has 0 radical (unpaired) electrons. The number of Topliss-reactive ketones (excluding diaryl/α,β-unsaturated/α-hetero) is 1. The van der Waals surface area contributed by atoms with Gasteiger partial charge in [0.15, 0.2) is 0 Å². The number of carbonyl (C=O) groups excluding carboxylic acids is 1. The molecular formula is C18H24N2O. The van der Waals surface area contributed by atoms with Gasteiger partial charge in [-0.15, -0.1) is 0 Å². The van der Waals surface area contributed by atoms with Crippen LogP contribution >= 0.6 is 0 Å². The lowest BCUT2D eigenvalue weighted by atomic mass is 9.63.